The fourth-order valence-corrected chi connectivity index (χ4v) is 2.85. The van der Waals surface area contributed by atoms with E-state index in [-0.39, 0.29) is 5.97 Å². The molecule has 0 aromatic rings. The lowest BCUT2D eigenvalue weighted by Gasteiger charge is -2.18. The Labute approximate surface area is 136 Å². The summed E-state index contributed by atoms with van der Waals surface area (Å²) in [6.07, 6.45) is 8.81. The summed E-state index contributed by atoms with van der Waals surface area (Å²) in [5.74, 6) is 0.944. The Hall–Kier alpha value is -0.260. The number of allylic oxidation sites excluding steroid dienone is 1. The zero-order chi connectivity index (χ0) is 15.0. The second-order valence-corrected chi connectivity index (χ2v) is 7.38. The molecule has 0 aliphatic carbocycles. The van der Waals surface area contributed by atoms with Gasteiger partial charge in [0.25, 0.3) is 0 Å². The van der Waals surface area contributed by atoms with Gasteiger partial charge in [0.05, 0.1) is 12.7 Å². The Morgan fingerprint density at radius 2 is 2.05 bits per heavy atom. The molecule has 1 unspecified atom stereocenters. The summed E-state index contributed by atoms with van der Waals surface area (Å²) in [7, 11) is 0. The fourth-order valence-electron chi connectivity index (χ4n) is 2.31. The van der Waals surface area contributed by atoms with Crippen molar-refractivity contribution in [1.29, 1.82) is 0 Å². The number of unbranched alkanes of at least 4 members (excludes halogenated alkanes) is 3. The molecule has 1 aliphatic heterocycles. The summed E-state index contributed by atoms with van der Waals surface area (Å²) in [5, 5.41) is 0. The lowest BCUT2D eigenvalue weighted by molar-refractivity contribution is -0.148. The van der Waals surface area contributed by atoms with Gasteiger partial charge < -0.3 is 9.47 Å². The molecule has 0 aromatic carbocycles. The lowest BCUT2D eigenvalue weighted by atomic mass is 9.97. The number of carbonyl (C=O) groups excluding carboxylic acids is 1. The molecular formula is C16H27IO3. The van der Waals surface area contributed by atoms with E-state index in [0.29, 0.717) is 5.92 Å². The van der Waals surface area contributed by atoms with Crippen molar-refractivity contribution in [2.75, 3.05) is 11.0 Å². The predicted molar refractivity (Wildman–Crippen MR) is 90.0 cm³/mol. The van der Waals surface area contributed by atoms with Crippen LogP contribution in [0.25, 0.3) is 0 Å². The van der Waals surface area contributed by atoms with E-state index in [0.717, 1.165) is 25.2 Å². The van der Waals surface area contributed by atoms with Crippen LogP contribution >= 0.6 is 22.6 Å². The SMILES string of the molecule is CC(C)(C)OC(=O)/C=C1\OCCC1CCCCCCI. The van der Waals surface area contributed by atoms with Gasteiger partial charge in [0.15, 0.2) is 0 Å². The number of hydrogen-bond donors (Lipinski definition) is 0. The second kappa shape index (κ2) is 8.90. The molecular weight excluding hydrogens is 367 g/mol. The highest BCUT2D eigenvalue weighted by Crippen LogP contribution is 2.29. The number of alkyl halides is 1. The van der Waals surface area contributed by atoms with E-state index >= 15 is 0 Å². The van der Waals surface area contributed by atoms with Gasteiger partial charge in [-0.15, -0.1) is 0 Å². The fraction of sp³-hybridized carbons (Fsp3) is 0.812. The van der Waals surface area contributed by atoms with Gasteiger partial charge in [0, 0.05) is 5.92 Å². The number of ether oxygens (including phenoxy) is 2. The summed E-state index contributed by atoms with van der Waals surface area (Å²) in [6.45, 7) is 6.36. The summed E-state index contributed by atoms with van der Waals surface area (Å²) < 4.78 is 12.1. The quantitative estimate of drug-likeness (QED) is 0.208. The first-order valence-corrected chi connectivity index (χ1v) is 9.08. The molecule has 1 aliphatic rings. The normalized spacial score (nSPS) is 21.0. The van der Waals surface area contributed by atoms with E-state index in [9.17, 15) is 4.79 Å². The minimum absolute atomic E-state index is 0.288. The molecule has 0 N–H and O–H groups in total. The van der Waals surface area contributed by atoms with E-state index in [1.54, 1.807) is 6.08 Å². The van der Waals surface area contributed by atoms with Crippen LogP contribution in [-0.2, 0) is 14.3 Å². The summed E-state index contributed by atoms with van der Waals surface area (Å²) in [4.78, 5) is 11.8. The largest absolute Gasteiger partial charge is 0.497 e. The third kappa shape index (κ3) is 7.50. The van der Waals surface area contributed by atoms with Crippen LogP contribution in [0.15, 0.2) is 11.8 Å². The average Bonchev–Trinajstić information content (AvgIpc) is 2.74. The van der Waals surface area contributed by atoms with E-state index in [1.165, 1.54) is 30.1 Å². The first-order chi connectivity index (χ1) is 9.42. The Kier molecular flexibility index (Phi) is 7.92. The molecule has 3 nitrogen and oxygen atoms in total. The third-order valence-electron chi connectivity index (χ3n) is 3.24. The molecule has 0 aromatic heterocycles. The summed E-state index contributed by atoms with van der Waals surface area (Å²) in [5.41, 5.74) is -0.443. The maximum atomic E-state index is 11.8. The molecule has 1 heterocycles. The van der Waals surface area contributed by atoms with Gasteiger partial charge >= 0.3 is 5.97 Å². The number of halogens is 1. The van der Waals surface area contributed by atoms with Gasteiger partial charge in [-0.3, -0.25) is 0 Å². The van der Waals surface area contributed by atoms with Crippen LogP contribution in [0.2, 0.25) is 0 Å². The monoisotopic (exact) mass is 394 g/mol. The van der Waals surface area contributed by atoms with Crippen molar-refractivity contribution in [1.82, 2.24) is 0 Å². The van der Waals surface area contributed by atoms with Crippen LogP contribution < -0.4 is 0 Å². The zero-order valence-electron chi connectivity index (χ0n) is 12.9. The topological polar surface area (TPSA) is 35.5 Å². The molecule has 1 rings (SSSR count). The van der Waals surface area contributed by atoms with Crippen molar-refractivity contribution in [2.24, 2.45) is 5.92 Å². The van der Waals surface area contributed by atoms with Crippen LogP contribution in [0, 0.1) is 5.92 Å². The molecule has 1 atom stereocenters. The Bertz CT molecular complexity index is 331. The van der Waals surface area contributed by atoms with Crippen LogP contribution in [0.1, 0.15) is 59.3 Å². The van der Waals surface area contributed by atoms with Crippen molar-refractivity contribution in [3.8, 4) is 0 Å². The van der Waals surface area contributed by atoms with Crippen LogP contribution in [0.4, 0.5) is 0 Å². The van der Waals surface area contributed by atoms with E-state index in [1.807, 2.05) is 20.8 Å². The van der Waals surface area contributed by atoms with Gasteiger partial charge in [0.1, 0.15) is 11.4 Å². The molecule has 4 heteroatoms. The minimum atomic E-state index is -0.443. The first-order valence-electron chi connectivity index (χ1n) is 7.55. The van der Waals surface area contributed by atoms with Crippen LogP contribution in [0.3, 0.4) is 0 Å². The van der Waals surface area contributed by atoms with Gasteiger partial charge in [-0.1, -0.05) is 41.9 Å². The standard InChI is InChI=1S/C16H27IO3/c1-16(2,3)20-15(18)12-14-13(9-11-19-14)8-6-4-5-7-10-17/h12-13H,4-11H2,1-3H3/b14-12-. The maximum Gasteiger partial charge on any atom is 0.334 e. The Morgan fingerprint density at radius 3 is 2.70 bits per heavy atom. The van der Waals surface area contributed by atoms with E-state index in [2.05, 4.69) is 22.6 Å². The highest BCUT2D eigenvalue weighted by atomic mass is 127. The molecule has 116 valence electrons. The summed E-state index contributed by atoms with van der Waals surface area (Å²) in [6, 6.07) is 0. The second-order valence-electron chi connectivity index (χ2n) is 6.31. The number of rotatable bonds is 7. The van der Waals surface area contributed by atoms with Crippen molar-refractivity contribution in [3.05, 3.63) is 11.8 Å². The molecule has 20 heavy (non-hydrogen) atoms. The van der Waals surface area contributed by atoms with Crippen molar-refractivity contribution >= 4 is 28.6 Å². The Morgan fingerprint density at radius 1 is 1.35 bits per heavy atom. The summed E-state index contributed by atoms with van der Waals surface area (Å²) >= 11 is 2.42. The van der Waals surface area contributed by atoms with Crippen molar-refractivity contribution < 1.29 is 14.3 Å². The van der Waals surface area contributed by atoms with Gasteiger partial charge in [-0.25, -0.2) is 4.79 Å². The maximum absolute atomic E-state index is 11.8. The van der Waals surface area contributed by atoms with E-state index in [4.69, 9.17) is 9.47 Å². The van der Waals surface area contributed by atoms with Gasteiger partial charge in [-0.05, 0) is 44.5 Å². The molecule has 0 bridgehead atoms. The predicted octanol–water partition coefficient (Wildman–Crippen LogP) is 4.63. The molecule has 0 spiro atoms. The molecule has 0 radical (unpaired) electrons. The van der Waals surface area contributed by atoms with Crippen molar-refractivity contribution in [2.45, 2.75) is 64.9 Å². The highest BCUT2D eigenvalue weighted by Gasteiger charge is 2.24. The van der Waals surface area contributed by atoms with E-state index < -0.39 is 5.60 Å². The van der Waals surface area contributed by atoms with Gasteiger partial charge in [-0.2, -0.15) is 0 Å². The first kappa shape index (κ1) is 17.8. The minimum Gasteiger partial charge on any atom is -0.497 e. The number of hydrogen-bond acceptors (Lipinski definition) is 3. The third-order valence-corrected chi connectivity index (χ3v) is 4.00. The zero-order valence-corrected chi connectivity index (χ0v) is 15.1. The molecule has 0 saturated carbocycles. The smallest absolute Gasteiger partial charge is 0.334 e. The van der Waals surface area contributed by atoms with Crippen molar-refractivity contribution in [3.63, 3.8) is 0 Å². The molecule has 1 saturated heterocycles. The Balaban J connectivity index is 2.38. The number of carbonyl (C=O) groups is 1. The lowest BCUT2D eigenvalue weighted by Crippen LogP contribution is -2.23. The highest BCUT2D eigenvalue weighted by molar-refractivity contribution is 14.1. The number of esters is 1. The van der Waals surface area contributed by atoms with Crippen LogP contribution in [-0.4, -0.2) is 22.6 Å². The average molecular weight is 394 g/mol. The van der Waals surface area contributed by atoms with Gasteiger partial charge in [0.2, 0.25) is 0 Å². The molecule has 0 amide bonds. The van der Waals surface area contributed by atoms with Crippen LogP contribution in [0.5, 0.6) is 0 Å². The molecule has 1 fully saturated rings.